The van der Waals surface area contributed by atoms with Crippen LogP contribution in [0.4, 0.5) is 15.8 Å². The van der Waals surface area contributed by atoms with Crippen molar-refractivity contribution in [2.75, 3.05) is 10.6 Å². The molecule has 11 aromatic rings. The Morgan fingerprint density at radius 2 is 0.961 bits per heavy atom. The number of pyridine rings is 2. The van der Waals surface area contributed by atoms with Crippen LogP contribution < -0.4 is 10.6 Å². The van der Waals surface area contributed by atoms with E-state index in [-0.39, 0.29) is 17.9 Å². The van der Waals surface area contributed by atoms with Gasteiger partial charge in [0.2, 0.25) is 0 Å². The molecule has 0 saturated carbocycles. The molecule has 0 bridgehead atoms. The summed E-state index contributed by atoms with van der Waals surface area (Å²) >= 11 is 0. The van der Waals surface area contributed by atoms with E-state index in [1.165, 1.54) is 100 Å². The van der Waals surface area contributed by atoms with Crippen molar-refractivity contribution in [3.05, 3.63) is 280 Å². The second-order valence-electron chi connectivity index (χ2n) is 20.6. The first-order chi connectivity index (χ1) is 37.9. The fourth-order valence-corrected chi connectivity index (χ4v) is 12.0. The SMILES string of the molecule is CCc1cccc(CC)c1NC(c1cccc(-c2ccc(F)cc2)n1)c1cc2ccccc2c2c1C=CC(CCc1cccc(CC)c1NC(c1cccc(-c3ccccc3)n1)c1cc3ccccc3c3ccccc13)C2. The fraction of sp³-hybridized carbons (Fsp3) is 0.167. The van der Waals surface area contributed by atoms with Crippen LogP contribution >= 0.6 is 0 Å². The molecule has 2 N–H and O–H groups in total. The number of halogens is 1. The van der Waals surface area contributed by atoms with E-state index in [1.807, 2.05) is 18.2 Å². The van der Waals surface area contributed by atoms with Crippen LogP contribution in [0.3, 0.4) is 0 Å². The highest BCUT2D eigenvalue weighted by Crippen LogP contribution is 2.43. The van der Waals surface area contributed by atoms with Gasteiger partial charge in [-0.2, -0.15) is 0 Å². The van der Waals surface area contributed by atoms with Crippen LogP contribution in [-0.2, 0) is 32.1 Å². The molecule has 378 valence electrons. The maximum absolute atomic E-state index is 14.2. The fourth-order valence-electron chi connectivity index (χ4n) is 12.0. The van der Waals surface area contributed by atoms with Crippen LogP contribution in [0.5, 0.6) is 0 Å². The smallest absolute Gasteiger partial charge is 0.123 e. The Morgan fingerprint density at radius 1 is 0.468 bits per heavy atom. The first-order valence-corrected chi connectivity index (χ1v) is 27.6. The van der Waals surface area contributed by atoms with Gasteiger partial charge in [-0.15, -0.1) is 0 Å². The third-order valence-electron chi connectivity index (χ3n) is 16.0. The number of aryl methyl sites for hydroxylation is 4. The lowest BCUT2D eigenvalue weighted by Crippen LogP contribution is -2.20. The van der Waals surface area contributed by atoms with E-state index < -0.39 is 0 Å². The lowest BCUT2D eigenvalue weighted by molar-refractivity contribution is 0.586. The predicted molar refractivity (Wildman–Crippen MR) is 321 cm³/mol. The van der Waals surface area contributed by atoms with Crippen molar-refractivity contribution in [3.8, 4) is 22.5 Å². The summed E-state index contributed by atoms with van der Waals surface area (Å²) in [5.41, 5.74) is 18.2. The van der Waals surface area contributed by atoms with Gasteiger partial charge in [-0.05, 0) is 182 Å². The molecule has 3 unspecified atom stereocenters. The van der Waals surface area contributed by atoms with Crippen molar-refractivity contribution < 1.29 is 4.39 Å². The summed E-state index contributed by atoms with van der Waals surface area (Å²) in [5, 5.41) is 15.8. The average Bonchev–Trinajstić information content (AvgIpc) is 3.51. The van der Waals surface area contributed by atoms with E-state index in [1.54, 1.807) is 0 Å². The molecule has 1 aliphatic carbocycles. The molecule has 3 atom stereocenters. The predicted octanol–water partition coefficient (Wildman–Crippen LogP) is 18.3. The summed E-state index contributed by atoms with van der Waals surface area (Å²) in [4.78, 5) is 10.8. The molecule has 77 heavy (non-hydrogen) atoms. The summed E-state index contributed by atoms with van der Waals surface area (Å²) in [7, 11) is 0. The van der Waals surface area contributed by atoms with Crippen LogP contribution in [-0.4, -0.2) is 9.97 Å². The zero-order chi connectivity index (χ0) is 52.2. The van der Waals surface area contributed by atoms with Gasteiger partial charge in [0, 0.05) is 22.5 Å². The molecular formula is C72H63FN4. The number of rotatable bonds is 16. The van der Waals surface area contributed by atoms with Crippen molar-refractivity contribution >= 4 is 49.8 Å². The van der Waals surface area contributed by atoms with Crippen LogP contribution in [0, 0.1) is 11.7 Å². The summed E-state index contributed by atoms with van der Waals surface area (Å²) in [6.07, 6.45) is 10.4. The van der Waals surface area contributed by atoms with Gasteiger partial charge in [0.15, 0.2) is 0 Å². The molecule has 1 aliphatic rings. The van der Waals surface area contributed by atoms with E-state index in [4.69, 9.17) is 9.97 Å². The lowest BCUT2D eigenvalue weighted by Gasteiger charge is -2.30. The van der Waals surface area contributed by atoms with Gasteiger partial charge in [-0.3, -0.25) is 9.97 Å². The number of allylic oxidation sites excluding steroid dienone is 1. The monoisotopic (exact) mass is 1000 g/mol. The van der Waals surface area contributed by atoms with E-state index >= 15 is 0 Å². The van der Waals surface area contributed by atoms with Gasteiger partial charge >= 0.3 is 0 Å². The number of fused-ring (bicyclic) bond motifs is 6. The first-order valence-electron chi connectivity index (χ1n) is 27.6. The third-order valence-corrected chi connectivity index (χ3v) is 16.0. The maximum Gasteiger partial charge on any atom is 0.123 e. The zero-order valence-corrected chi connectivity index (χ0v) is 44.1. The number of benzene rings is 9. The van der Waals surface area contributed by atoms with Crippen molar-refractivity contribution in [3.63, 3.8) is 0 Å². The maximum atomic E-state index is 14.2. The minimum absolute atomic E-state index is 0.240. The van der Waals surface area contributed by atoms with Crippen LogP contribution in [0.25, 0.3) is 60.9 Å². The minimum atomic E-state index is -0.270. The summed E-state index contributed by atoms with van der Waals surface area (Å²) in [5.74, 6) is 0.0487. The van der Waals surface area contributed by atoms with Crippen LogP contribution in [0.2, 0.25) is 0 Å². The van der Waals surface area contributed by atoms with Crippen molar-refractivity contribution in [2.24, 2.45) is 5.92 Å². The number of nitrogens with one attached hydrogen (secondary N) is 2. The Labute approximate surface area is 452 Å². The highest BCUT2D eigenvalue weighted by Gasteiger charge is 2.28. The first kappa shape index (κ1) is 49.2. The number of hydrogen-bond donors (Lipinski definition) is 2. The quantitative estimate of drug-likeness (QED) is 0.0947. The minimum Gasteiger partial charge on any atom is -0.372 e. The topological polar surface area (TPSA) is 49.8 Å². The Bertz CT molecular complexity index is 3930. The Morgan fingerprint density at radius 3 is 1.60 bits per heavy atom. The van der Waals surface area contributed by atoms with Gasteiger partial charge in [-0.1, -0.05) is 185 Å². The van der Waals surface area contributed by atoms with Crippen molar-refractivity contribution in [2.45, 2.75) is 71.4 Å². The third kappa shape index (κ3) is 9.90. The van der Waals surface area contributed by atoms with Crippen LogP contribution in [0.1, 0.15) is 95.2 Å². The average molecular weight is 1000 g/mol. The molecule has 0 radical (unpaired) electrons. The van der Waals surface area contributed by atoms with E-state index in [2.05, 4.69) is 226 Å². The molecule has 0 amide bonds. The second kappa shape index (κ2) is 21.9. The molecule has 4 nitrogen and oxygen atoms in total. The van der Waals surface area contributed by atoms with Crippen molar-refractivity contribution in [1.82, 2.24) is 9.97 Å². The molecule has 0 spiro atoms. The van der Waals surface area contributed by atoms with E-state index in [0.29, 0.717) is 5.92 Å². The number of anilines is 2. The summed E-state index contributed by atoms with van der Waals surface area (Å²) < 4.78 is 14.2. The molecular weight excluding hydrogens is 940 g/mol. The van der Waals surface area contributed by atoms with Gasteiger partial charge in [-0.25, -0.2) is 4.39 Å². The summed E-state index contributed by atoms with van der Waals surface area (Å²) in [6, 6.07) is 74.2. The second-order valence-corrected chi connectivity index (χ2v) is 20.6. The number of nitrogens with zero attached hydrogens (tertiary/aromatic N) is 2. The Kier molecular flexibility index (Phi) is 14.0. The Balaban J connectivity index is 0.922. The molecule has 0 fully saturated rings. The molecule has 0 aliphatic heterocycles. The van der Waals surface area contributed by atoms with Gasteiger partial charge in [0.25, 0.3) is 0 Å². The van der Waals surface area contributed by atoms with E-state index in [0.717, 1.165) is 72.4 Å². The van der Waals surface area contributed by atoms with E-state index in [9.17, 15) is 4.39 Å². The molecule has 9 aromatic carbocycles. The molecule has 12 rings (SSSR count). The Hall–Kier alpha value is -8.67. The standard InChI is InChI=1S/C72H63FN4/c1-4-48-24-16-25-49(5-2)69(48)76-72(68-35-19-33-66(75-68)52-39-41-56(73)42-40-52)64-46-55-23-11-13-29-58(55)62-44-47(37-43-61(62)64)36-38-53-27-17-26-50(6-3)70(53)77-71(67-34-18-32-65(74-67)51-20-8-7-9-21-51)63-45-54-22-10-12-28-57(54)59-30-14-15-31-60(59)63/h7-35,37,39-43,45-47,71-72,76-77H,4-6,36,38,44H2,1-3H3. The van der Waals surface area contributed by atoms with Crippen molar-refractivity contribution in [1.29, 1.82) is 0 Å². The van der Waals surface area contributed by atoms with Gasteiger partial charge in [0.05, 0.1) is 34.9 Å². The molecule has 0 saturated heterocycles. The normalized spacial score (nSPS) is 13.9. The lowest BCUT2D eigenvalue weighted by atomic mass is 9.79. The largest absolute Gasteiger partial charge is 0.372 e. The highest BCUT2D eigenvalue weighted by atomic mass is 19.1. The highest BCUT2D eigenvalue weighted by molar-refractivity contribution is 6.09. The molecule has 2 aromatic heterocycles. The van der Waals surface area contributed by atoms with Crippen LogP contribution in [0.15, 0.2) is 218 Å². The number of hydrogen-bond acceptors (Lipinski definition) is 4. The summed E-state index contributed by atoms with van der Waals surface area (Å²) in [6.45, 7) is 6.73. The number of para-hydroxylation sites is 2. The molecule has 5 heteroatoms. The molecule has 2 heterocycles. The van der Waals surface area contributed by atoms with Gasteiger partial charge in [0.1, 0.15) is 5.82 Å². The number of aromatic nitrogens is 2. The van der Waals surface area contributed by atoms with Gasteiger partial charge < -0.3 is 10.6 Å². The zero-order valence-electron chi connectivity index (χ0n) is 44.1.